The van der Waals surface area contributed by atoms with Crippen molar-refractivity contribution in [2.75, 3.05) is 12.4 Å². The highest BCUT2D eigenvalue weighted by Crippen LogP contribution is 2.23. The van der Waals surface area contributed by atoms with E-state index in [2.05, 4.69) is 0 Å². The van der Waals surface area contributed by atoms with Crippen molar-refractivity contribution in [3.63, 3.8) is 0 Å². The van der Waals surface area contributed by atoms with Gasteiger partial charge in [0.15, 0.2) is 5.17 Å². The molecule has 1 rings (SSSR count). The summed E-state index contributed by atoms with van der Waals surface area (Å²) in [6.07, 6.45) is 0. The Balaban J connectivity index is 2.31. The molecule has 1 aromatic rings. The Morgan fingerprint density at radius 1 is 1.50 bits per heavy atom. The van der Waals surface area contributed by atoms with Gasteiger partial charge in [-0.1, -0.05) is 35.5 Å². The number of amidine groups is 1. The van der Waals surface area contributed by atoms with Crippen LogP contribution in [0, 0.1) is 5.41 Å². The maximum Gasteiger partial charge on any atom is 0.151 e. The Kier molecular flexibility index (Phi) is 4.62. The topological polar surface area (TPSA) is 59.1 Å². The molecule has 0 aliphatic carbocycles. The van der Waals surface area contributed by atoms with Crippen LogP contribution in [0.4, 0.5) is 0 Å². The van der Waals surface area contributed by atoms with Gasteiger partial charge in [-0.15, -0.1) is 0 Å². The van der Waals surface area contributed by atoms with Gasteiger partial charge in [0.25, 0.3) is 0 Å². The third-order valence-electron chi connectivity index (χ3n) is 1.44. The summed E-state index contributed by atoms with van der Waals surface area (Å²) >= 11 is 7.12. The normalized spacial score (nSPS) is 9.79. The molecule has 3 N–H and O–H groups in total. The maximum absolute atomic E-state index is 6.98. The maximum atomic E-state index is 6.98. The van der Waals surface area contributed by atoms with Crippen LogP contribution in [0.25, 0.3) is 0 Å². The molecular formula is C9H11ClN2OS. The minimum absolute atomic E-state index is 0.104. The molecule has 3 nitrogen and oxygen atoms in total. The van der Waals surface area contributed by atoms with Crippen LogP contribution in [-0.4, -0.2) is 17.5 Å². The predicted octanol–water partition coefficient (Wildman–Crippen LogP) is 2.35. The van der Waals surface area contributed by atoms with E-state index >= 15 is 0 Å². The molecule has 0 fully saturated rings. The molecular weight excluding hydrogens is 220 g/mol. The number of ether oxygens (including phenoxy) is 1. The van der Waals surface area contributed by atoms with Crippen LogP contribution in [-0.2, 0) is 0 Å². The fourth-order valence-corrected chi connectivity index (χ4v) is 1.44. The van der Waals surface area contributed by atoms with Crippen LogP contribution in [0.15, 0.2) is 24.3 Å². The number of para-hydroxylation sites is 1. The zero-order valence-corrected chi connectivity index (χ0v) is 9.07. The summed E-state index contributed by atoms with van der Waals surface area (Å²) in [4.78, 5) is 0. The van der Waals surface area contributed by atoms with E-state index in [1.807, 2.05) is 12.1 Å². The van der Waals surface area contributed by atoms with Gasteiger partial charge in [-0.05, 0) is 12.1 Å². The van der Waals surface area contributed by atoms with Gasteiger partial charge in [-0.25, -0.2) is 0 Å². The number of benzene rings is 1. The monoisotopic (exact) mass is 230 g/mol. The Labute approximate surface area is 92.1 Å². The van der Waals surface area contributed by atoms with E-state index in [1.54, 1.807) is 12.1 Å². The molecule has 5 heteroatoms. The SMILES string of the molecule is N=C(N)SCCOc1ccccc1Cl. The van der Waals surface area contributed by atoms with E-state index in [9.17, 15) is 0 Å². The molecule has 0 amide bonds. The molecule has 0 radical (unpaired) electrons. The van der Waals surface area contributed by atoms with Crippen molar-refractivity contribution in [1.82, 2.24) is 0 Å². The highest BCUT2D eigenvalue weighted by molar-refractivity contribution is 8.13. The lowest BCUT2D eigenvalue weighted by atomic mass is 10.3. The van der Waals surface area contributed by atoms with Gasteiger partial charge >= 0.3 is 0 Å². The van der Waals surface area contributed by atoms with Crippen LogP contribution in [0.2, 0.25) is 5.02 Å². The third kappa shape index (κ3) is 3.89. The van der Waals surface area contributed by atoms with Gasteiger partial charge in [-0.2, -0.15) is 0 Å². The molecule has 0 spiro atoms. The second-order valence-corrected chi connectivity index (χ2v) is 4.04. The molecule has 0 saturated heterocycles. The minimum atomic E-state index is 0.104. The van der Waals surface area contributed by atoms with E-state index in [1.165, 1.54) is 11.8 Å². The quantitative estimate of drug-likeness (QED) is 0.474. The fraction of sp³-hybridized carbons (Fsp3) is 0.222. The fourth-order valence-electron chi connectivity index (χ4n) is 0.865. The second-order valence-electron chi connectivity index (χ2n) is 2.49. The first-order valence-corrected chi connectivity index (χ1v) is 5.40. The van der Waals surface area contributed by atoms with Gasteiger partial charge in [0.2, 0.25) is 0 Å². The molecule has 0 aliphatic rings. The van der Waals surface area contributed by atoms with Crippen molar-refractivity contribution in [3.8, 4) is 5.75 Å². The Hall–Kier alpha value is -0.870. The van der Waals surface area contributed by atoms with E-state index in [0.717, 1.165) is 0 Å². The number of thioether (sulfide) groups is 1. The molecule has 0 heterocycles. The van der Waals surface area contributed by atoms with Crippen LogP contribution >= 0.6 is 23.4 Å². The summed E-state index contributed by atoms with van der Waals surface area (Å²) in [7, 11) is 0. The Morgan fingerprint density at radius 2 is 2.21 bits per heavy atom. The van der Waals surface area contributed by atoms with Crippen molar-refractivity contribution >= 4 is 28.5 Å². The standard InChI is InChI=1S/C9H11ClN2OS/c10-7-3-1-2-4-8(7)13-5-6-14-9(11)12/h1-4H,5-6H2,(H3,11,12). The first-order valence-electron chi connectivity index (χ1n) is 4.04. The largest absolute Gasteiger partial charge is 0.491 e. The van der Waals surface area contributed by atoms with E-state index < -0.39 is 0 Å². The smallest absolute Gasteiger partial charge is 0.151 e. The first kappa shape index (κ1) is 11.2. The van der Waals surface area contributed by atoms with Crippen molar-refractivity contribution in [1.29, 1.82) is 5.41 Å². The number of hydrogen-bond donors (Lipinski definition) is 2. The molecule has 1 aromatic carbocycles. The van der Waals surface area contributed by atoms with Crippen molar-refractivity contribution in [2.45, 2.75) is 0 Å². The van der Waals surface area contributed by atoms with Gasteiger partial charge in [0.1, 0.15) is 5.75 Å². The highest BCUT2D eigenvalue weighted by atomic mass is 35.5. The van der Waals surface area contributed by atoms with Gasteiger partial charge in [0, 0.05) is 5.75 Å². The van der Waals surface area contributed by atoms with Gasteiger partial charge in [0.05, 0.1) is 11.6 Å². The average Bonchev–Trinajstić information content (AvgIpc) is 2.15. The summed E-state index contributed by atoms with van der Waals surface area (Å²) in [5.74, 6) is 1.32. The summed E-state index contributed by atoms with van der Waals surface area (Å²) in [5, 5.41) is 7.68. The lowest BCUT2D eigenvalue weighted by Gasteiger charge is -2.06. The van der Waals surface area contributed by atoms with Crippen molar-refractivity contribution < 1.29 is 4.74 Å². The number of halogens is 1. The molecule has 14 heavy (non-hydrogen) atoms. The molecule has 0 bridgehead atoms. The van der Waals surface area contributed by atoms with Crippen molar-refractivity contribution in [2.24, 2.45) is 5.73 Å². The van der Waals surface area contributed by atoms with E-state index in [-0.39, 0.29) is 5.17 Å². The third-order valence-corrected chi connectivity index (χ3v) is 2.43. The summed E-state index contributed by atoms with van der Waals surface area (Å²) < 4.78 is 5.38. The molecule has 0 aromatic heterocycles. The van der Waals surface area contributed by atoms with Crippen LogP contribution in [0.1, 0.15) is 0 Å². The lowest BCUT2D eigenvalue weighted by Crippen LogP contribution is -2.08. The molecule has 76 valence electrons. The number of nitrogens with two attached hydrogens (primary N) is 1. The minimum Gasteiger partial charge on any atom is -0.491 e. The molecule has 0 atom stereocenters. The van der Waals surface area contributed by atoms with Gasteiger partial charge < -0.3 is 10.5 Å². The van der Waals surface area contributed by atoms with E-state index in [0.29, 0.717) is 23.1 Å². The zero-order valence-electron chi connectivity index (χ0n) is 7.50. The number of hydrogen-bond acceptors (Lipinski definition) is 3. The molecule has 0 saturated carbocycles. The molecule has 0 aliphatic heterocycles. The van der Waals surface area contributed by atoms with Crippen LogP contribution in [0.5, 0.6) is 5.75 Å². The summed E-state index contributed by atoms with van der Waals surface area (Å²) in [6.45, 7) is 0.494. The first-order chi connectivity index (χ1) is 6.70. The zero-order chi connectivity index (χ0) is 10.4. The Bertz CT molecular complexity index is 319. The van der Waals surface area contributed by atoms with Gasteiger partial charge in [-0.3, -0.25) is 5.41 Å². The van der Waals surface area contributed by atoms with Crippen LogP contribution < -0.4 is 10.5 Å². The number of nitrogens with one attached hydrogen (secondary N) is 1. The van der Waals surface area contributed by atoms with E-state index in [4.69, 9.17) is 27.5 Å². The lowest BCUT2D eigenvalue weighted by molar-refractivity contribution is 0.344. The highest BCUT2D eigenvalue weighted by Gasteiger charge is 1.99. The molecule has 0 unspecified atom stereocenters. The second kappa shape index (κ2) is 5.78. The summed E-state index contributed by atoms with van der Waals surface area (Å²) in [5.41, 5.74) is 5.17. The summed E-state index contributed by atoms with van der Waals surface area (Å²) in [6, 6.07) is 7.29. The number of rotatable bonds is 4. The average molecular weight is 231 g/mol. The predicted molar refractivity (Wildman–Crippen MR) is 61.3 cm³/mol. The van der Waals surface area contributed by atoms with Crippen molar-refractivity contribution in [3.05, 3.63) is 29.3 Å². The van der Waals surface area contributed by atoms with Crippen LogP contribution in [0.3, 0.4) is 0 Å². The Morgan fingerprint density at radius 3 is 2.86 bits per heavy atom.